The van der Waals surface area contributed by atoms with Crippen LogP contribution < -0.4 is 14.8 Å². The second kappa shape index (κ2) is 11.2. The molecule has 0 aliphatic rings. The molecule has 6 aromatic rings. The number of fused-ring (bicyclic) bond motifs is 1. The van der Waals surface area contributed by atoms with Crippen molar-refractivity contribution in [3.8, 4) is 34.1 Å². The fraction of sp³-hybridized carbons (Fsp3) is 0.161. The molecule has 0 N–H and O–H groups in total. The third-order valence-corrected chi connectivity index (χ3v) is 7.44. The van der Waals surface area contributed by atoms with E-state index in [1.54, 1.807) is 22.9 Å². The van der Waals surface area contributed by atoms with Crippen LogP contribution in [0.3, 0.4) is 0 Å². The fourth-order valence-electron chi connectivity index (χ4n) is 4.38. The molecular formula is C31H26FN5O2S. The Labute approximate surface area is 233 Å². The lowest BCUT2D eigenvalue weighted by molar-refractivity contribution is 0.306. The number of thiazole rings is 1. The third kappa shape index (κ3) is 5.28. The minimum absolute atomic E-state index is 0.257. The standard InChI is InChI=1S/C31H26FN5O2S/c1-2-3-7-18-39-26-16-12-22(13-17-26)29-33-31-37(35-29)30(38)27(40-31)19-23-20-36(25-8-5-4-6-9-25)34-28(23)21-10-14-24(32)15-11-21/h4-6,8-17,19-20H,2-3,7,18H2,1H3. The summed E-state index contributed by atoms with van der Waals surface area (Å²) in [7, 11) is 0. The number of aromatic nitrogens is 5. The van der Waals surface area contributed by atoms with Crippen molar-refractivity contribution < 1.29 is 9.13 Å². The summed E-state index contributed by atoms with van der Waals surface area (Å²) in [5.74, 6) is 0.959. The van der Waals surface area contributed by atoms with Gasteiger partial charge in [-0.15, -0.1) is 5.10 Å². The maximum absolute atomic E-state index is 13.6. The zero-order chi connectivity index (χ0) is 27.5. The normalized spacial score (nSPS) is 11.9. The molecule has 0 unspecified atom stereocenters. The molecule has 0 aliphatic heterocycles. The van der Waals surface area contributed by atoms with E-state index in [1.165, 1.54) is 28.0 Å². The summed E-state index contributed by atoms with van der Waals surface area (Å²) >= 11 is 1.26. The number of ether oxygens (including phenoxy) is 1. The van der Waals surface area contributed by atoms with Crippen molar-refractivity contribution in [2.24, 2.45) is 0 Å². The molecule has 6 rings (SSSR count). The Bertz CT molecular complexity index is 1860. The summed E-state index contributed by atoms with van der Waals surface area (Å²) in [4.78, 5) is 18.4. The van der Waals surface area contributed by atoms with Gasteiger partial charge >= 0.3 is 0 Å². The van der Waals surface area contributed by atoms with Crippen LogP contribution in [0.1, 0.15) is 31.7 Å². The van der Waals surface area contributed by atoms with Crippen molar-refractivity contribution in [3.63, 3.8) is 0 Å². The number of para-hydroxylation sites is 1. The molecular weight excluding hydrogens is 525 g/mol. The third-order valence-electron chi connectivity index (χ3n) is 6.48. The molecule has 3 aromatic carbocycles. The second-order valence-electron chi connectivity index (χ2n) is 9.35. The number of unbranched alkanes of at least 4 members (excludes halogenated alkanes) is 2. The van der Waals surface area contributed by atoms with Gasteiger partial charge in [-0.05, 0) is 73.2 Å². The summed E-state index contributed by atoms with van der Waals surface area (Å²) in [5, 5.41) is 9.24. The molecule has 9 heteroatoms. The number of rotatable bonds is 9. The average molecular weight is 552 g/mol. The van der Waals surface area contributed by atoms with E-state index in [-0.39, 0.29) is 11.4 Å². The van der Waals surface area contributed by atoms with Crippen molar-refractivity contribution in [2.45, 2.75) is 26.2 Å². The lowest BCUT2D eigenvalue weighted by atomic mass is 10.1. The van der Waals surface area contributed by atoms with E-state index in [0.717, 1.165) is 47.4 Å². The number of benzene rings is 3. The van der Waals surface area contributed by atoms with Gasteiger partial charge in [0.05, 0.1) is 16.8 Å². The van der Waals surface area contributed by atoms with E-state index in [9.17, 15) is 9.18 Å². The van der Waals surface area contributed by atoms with Gasteiger partial charge in [-0.1, -0.05) is 49.3 Å². The van der Waals surface area contributed by atoms with Crippen molar-refractivity contribution in [3.05, 3.63) is 111 Å². The average Bonchev–Trinajstić information content (AvgIpc) is 3.67. The maximum Gasteiger partial charge on any atom is 0.291 e. The summed E-state index contributed by atoms with van der Waals surface area (Å²) < 4.78 is 23.0. The van der Waals surface area contributed by atoms with Gasteiger partial charge in [-0.25, -0.2) is 9.07 Å². The first-order chi connectivity index (χ1) is 19.6. The van der Waals surface area contributed by atoms with Crippen LogP contribution in [0, 0.1) is 5.82 Å². The van der Waals surface area contributed by atoms with Crippen LogP contribution in [-0.4, -0.2) is 31.0 Å². The van der Waals surface area contributed by atoms with Gasteiger partial charge in [0.1, 0.15) is 17.3 Å². The Morgan fingerprint density at radius 3 is 2.40 bits per heavy atom. The summed E-state index contributed by atoms with van der Waals surface area (Å²) in [5.41, 5.74) is 3.54. The Balaban J connectivity index is 1.33. The molecule has 0 atom stereocenters. The van der Waals surface area contributed by atoms with E-state index >= 15 is 0 Å². The van der Waals surface area contributed by atoms with E-state index in [0.29, 0.717) is 27.6 Å². The highest BCUT2D eigenvalue weighted by atomic mass is 32.1. The zero-order valence-corrected chi connectivity index (χ0v) is 22.6. The summed E-state index contributed by atoms with van der Waals surface area (Å²) in [6.45, 7) is 2.86. The molecule has 0 amide bonds. The van der Waals surface area contributed by atoms with E-state index in [2.05, 4.69) is 17.0 Å². The minimum atomic E-state index is -0.325. The first-order valence-electron chi connectivity index (χ1n) is 13.1. The van der Waals surface area contributed by atoms with Gasteiger partial charge in [0.25, 0.3) is 5.56 Å². The van der Waals surface area contributed by atoms with Crippen LogP contribution in [0.4, 0.5) is 4.39 Å². The van der Waals surface area contributed by atoms with Crippen molar-refractivity contribution in [1.29, 1.82) is 0 Å². The molecule has 0 saturated carbocycles. The molecule has 3 aromatic heterocycles. The highest BCUT2D eigenvalue weighted by Gasteiger charge is 2.15. The first-order valence-corrected chi connectivity index (χ1v) is 14.0. The molecule has 40 heavy (non-hydrogen) atoms. The van der Waals surface area contributed by atoms with Gasteiger partial charge in [0, 0.05) is 22.9 Å². The SMILES string of the molecule is CCCCCOc1ccc(-c2nc3sc(=Cc4cn(-c5ccccc5)nc4-c4ccc(F)cc4)c(=O)n3n2)cc1. The second-order valence-corrected chi connectivity index (χ2v) is 10.4. The predicted molar refractivity (Wildman–Crippen MR) is 155 cm³/mol. The molecule has 0 spiro atoms. The lowest BCUT2D eigenvalue weighted by Crippen LogP contribution is -2.23. The maximum atomic E-state index is 13.6. The van der Waals surface area contributed by atoms with E-state index < -0.39 is 0 Å². The Kier molecular flexibility index (Phi) is 7.20. The smallest absolute Gasteiger partial charge is 0.291 e. The monoisotopic (exact) mass is 551 g/mol. The molecule has 0 radical (unpaired) electrons. The van der Waals surface area contributed by atoms with Gasteiger partial charge < -0.3 is 4.74 Å². The van der Waals surface area contributed by atoms with Gasteiger partial charge in [-0.2, -0.15) is 14.6 Å². The Morgan fingerprint density at radius 2 is 1.68 bits per heavy atom. The molecule has 3 heterocycles. The van der Waals surface area contributed by atoms with Crippen LogP contribution in [0.5, 0.6) is 5.75 Å². The van der Waals surface area contributed by atoms with Crippen molar-refractivity contribution in [1.82, 2.24) is 24.4 Å². The van der Waals surface area contributed by atoms with Gasteiger partial charge in [0.2, 0.25) is 4.96 Å². The molecule has 200 valence electrons. The van der Waals surface area contributed by atoms with Crippen LogP contribution in [0.15, 0.2) is 89.9 Å². The largest absolute Gasteiger partial charge is 0.494 e. The van der Waals surface area contributed by atoms with Crippen molar-refractivity contribution in [2.75, 3.05) is 6.61 Å². The van der Waals surface area contributed by atoms with Gasteiger partial charge in [0.15, 0.2) is 5.82 Å². The predicted octanol–water partition coefficient (Wildman–Crippen LogP) is 5.93. The number of halogens is 1. The summed E-state index contributed by atoms with van der Waals surface area (Å²) in [6.07, 6.45) is 6.98. The van der Waals surface area contributed by atoms with Crippen LogP contribution in [0.25, 0.3) is 39.4 Å². The van der Waals surface area contributed by atoms with Crippen molar-refractivity contribution >= 4 is 22.4 Å². The highest BCUT2D eigenvalue weighted by molar-refractivity contribution is 7.15. The Hall–Kier alpha value is -4.63. The van der Waals surface area contributed by atoms with Gasteiger partial charge in [-0.3, -0.25) is 4.79 Å². The van der Waals surface area contributed by atoms with Crippen LogP contribution >= 0.6 is 11.3 Å². The highest BCUT2D eigenvalue weighted by Crippen LogP contribution is 2.25. The molecule has 0 fully saturated rings. The molecule has 7 nitrogen and oxygen atoms in total. The van der Waals surface area contributed by atoms with E-state index in [1.807, 2.05) is 60.8 Å². The molecule has 0 bridgehead atoms. The quantitative estimate of drug-likeness (QED) is 0.208. The number of hydrogen-bond donors (Lipinski definition) is 0. The van der Waals surface area contributed by atoms with Crippen LogP contribution in [-0.2, 0) is 0 Å². The Morgan fingerprint density at radius 1 is 0.925 bits per heavy atom. The fourth-order valence-corrected chi connectivity index (χ4v) is 5.28. The number of hydrogen-bond acceptors (Lipinski definition) is 6. The minimum Gasteiger partial charge on any atom is -0.494 e. The number of nitrogens with zero attached hydrogens (tertiary/aromatic N) is 5. The molecule has 0 saturated heterocycles. The summed E-state index contributed by atoms with van der Waals surface area (Å²) in [6, 6.07) is 23.4. The zero-order valence-electron chi connectivity index (χ0n) is 21.8. The lowest BCUT2D eigenvalue weighted by Gasteiger charge is -2.05. The topological polar surface area (TPSA) is 74.3 Å². The van der Waals surface area contributed by atoms with Crippen LogP contribution in [0.2, 0.25) is 0 Å². The first kappa shape index (κ1) is 25.6. The molecule has 0 aliphatic carbocycles. The van der Waals surface area contributed by atoms with E-state index in [4.69, 9.17) is 9.84 Å².